The summed E-state index contributed by atoms with van der Waals surface area (Å²) in [7, 11) is 0. The maximum atomic E-state index is 13.0. The molecule has 5 nitrogen and oxygen atoms in total. The van der Waals surface area contributed by atoms with Crippen LogP contribution in [0.25, 0.3) is 0 Å². The molecule has 0 spiro atoms. The lowest BCUT2D eigenvalue weighted by molar-refractivity contribution is -0.137. The monoisotopic (exact) mass is 438 g/mol. The largest absolute Gasteiger partial charge is 0.416 e. The molecular formula is C24H21F3N4O. The summed E-state index contributed by atoms with van der Waals surface area (Å²) in [5.41, 5.74) is 1.60. The Hall–Kier alpha value is -3.99. The van der Waals surface area contributed by atoms with Gasteiger partial charge in [-0.1, -0.05) is 18.2 Å². The van der Waals surface area contributed by atoms with E-state index in [1.165, 1.54) is 11.0 Å². The van der Waals surface area contributed by atoms with Gasteiger partial charge in [-0.3, -0.25) is 0 Å². The Morgan fingerprint density at radius 2 is 1.91 bits per heavy atom. The van der Waals surface area contributed by atoms with Gasteiger partial charge in [-0.15, -0.1) is 6.58 Å². The summed E-state index contributed by atoms with van der Waals surface area (Å²) in [6.07, 6.45) is -1.04. The molecular weight excluding hydrogens is 417 g/mol. The molecule has 164 valence electrons. The van der Waals surface area contributed by atoms with Crippen LogP contribution in [-0.2, 0) is 19.3 Å². The summed E-state index contributed by atoms with van der Waals surface area (Å²) in [5.74, 6) is 0. The van der Waals surface area contributed by atoms with Crippen LogP contribution in [0.3, 0.4) is 0 Å². The number of nitrogens with zero attached hydrogens (tertiary/aromatic N) is 3. The molecule has 0 radical (unpaired) electrons. The molecule has 8 heteroatoms. The first kappa shape index (κ1) is 22.7. The minimum atomic E-state index is -4.40. The highest BCUT2D eigenvalue weighted by Gasteiger charge is 2.30. The molecule has 3 aromatic rings. The highest BCUT2D eigenvalue weighted by Crippen LogP contribution is 2.29. The van der Waals surface area contributed by atoms with Crippen LogP contribution in [-0.4, -0.2) is 22.0 Å². The summed E-state index contributed by atoms with van der Waals surface area (Å²) in [6.45, 7) is 4.45. The van der Waals surface area contributed by atoms with Crippen molar-refractivity contribution in [3.63, 3.8) is 0 Å². The minimum Gasteiger partial charge on any atom is -0.345 e. The van der Waals surface area contributed by atoms with Crippen molar-refractivity contribution in [1.29, 1.82) is 5.26 Å². The van der Waals surface area contributed by atoms with E-state index in [0.717, 1.165) is 17.8 Å². The van der Waals surface area contributed by atoms with Crippen molar-refractivity contribution >= 4 is 11.7 Å². The van der Waals surface area contributed by atoms with Gasteiger partial charge in [-0.2, -0.15) is 18.4 Å². The normalized spacial score (nSPS) is 10.9. The average molecular weight is 438 g/mol. The van der Waals surface area contributed by atoms with Crippen molar-refractivity contribution in [2.75, 3.05) is 11.9 Å². The number of halogens is 3. The van der Waals surface area contributed by atoms with Crippen molar-refractivity contribution in [1.82, 2.24) is 9.47 Å². The molecule has 1 N–H and O–H groups in total. The lowest BCUT2D eigenvalue weighted by Crippen LogP contribution is -2.35. The molecule has 3 rings (SSSR count). The number of rotatable bonds is 7. The Balaban J connectivity index is 1.73. The van der Waals surface area contributed by atoms with E-state index >= 15 is 0 Å². The van der Waals surface area contributed by atoms with Gasteiger partial charge in [0.2, 0.25) is 0 Å². The number of aromatic nitrogens is 1. The SMILES string of the molecule is C=CCN(Cc1cccn1Cc1cccc(C(F)(F)F)c1)C(=O)Nc1ccc(C#N)cc1. The van der Waals surface area contributed by atoms with Crippen LogP contribution in [0.2, 0.25) is 0 Å². The second-order valence-electron chi connectivity index (χ2n) is 7.11. The van der Waals surface area contributed by atoms with E-state index < -0.39 is 11.7 Å². The molecule has 1 heterocycles. The number of benzene rings is 2. The van der Waals surface area contributed by atoms with E-state index in [9.17, 15) is 18.0 Å². The molecule has 0 aliphatic rings. The van der Waals surface area contributed by atoms with Crippen LogP contribution >= 0.6 is 0 Å². The summed E-state index contributed by atoms with van der Waals surface area (Å²) in [5, 5.41) is 11.7. The third-order valence-corrected chi connectivity index (χ3v) is 4.79. The molecule has 1 aromatic heterocycles. The molecule has 0 aliphatic heterocycles. The Bertz CT molecular complexity index is 1130. The van der Waals surface area contributed by atoms with E-state index in [1.54, 1.807) is 53.2 Å². The van der Waals surface area contributed by atoms with Crippen molar-refractivity contribution in [3.8, 4) is 6.07 Å². The first-order chi connectivity index (χ1) is 15.3. The number of nitriles is 1. The molecule has 0 bridgehead atoms. The lowest BCUT2D eigenvalue weighted by atomic mass is 10.1. The fraction of sp³-hybridized carbons (Fsp3) is 0.167. The van der Waals surface area contributed by atoms with Gasteiger partial charge in [-0.05, 0) is 54.1 Å². The van der Waals surface area contributed by atoms with Gasteiger partial charge in [0.1, 0.15) is 0 Å². The number of alkyl halides is 3. The molecule has 32 heavy (non-hydrogen) atoms. The Morgan fingerprint density at radius 1 is 1.16 bits per heavy atom. The van der Waals surface area contributed by atoms with Crippen molar-refractivity contribution < 1.29 is 18.0 Å². The average Bonchev–Trinajstić information content (AvgIpc) is 3.20. The number of hydrogen-bond acceptors (Lipinski definition) is 2. The zero-order chi connectivity index (χ0) is 23.1. The molecule has 0 aliphatic carbocycles. The number of hydrogen-bond donors (Lipinski definition) is 1. The summed E-state index contributed by atoms with van der Waals surface area (Å²) >= 11 is 0. The maximum Gasteiger partial charge on any atom is 0.416 e. The Labute approximate surface area is 184 Å². The van der Waals surface area contributed by atoms with Crippen LogP contribution in [0, 0.1) is 11.3 Å². The van der Waals surface area contributed by atoms with Crippen LogP contribution in [0.5, 0.6) is 0 Å². The molecule has 0 unspecified atom stereocenters. The fourth-order valence-electron chi connectivity index (χ4n) is 3.19. The van der Waals surface area contributed by atoms with E-state index in [4.69, 9.17) is 5.26 Å². The quantitative estimate of drug-likeness (QED) is 0.485. The van der Waals surface area contributed by atoms with Crippen molar-refractivity contribution in [2.24, 2.45) is 0 Å². The lowest BCUT2D eigenvalue weighted by Gasteiger charge is -2.23. The number of urea groups is 1. The van der Waals surface area contributed by atoms with Crippen LogP contribution < -0.4 is 5.32 Å². The highest BCUT2D eigenvalue weighted by molar-refractivity contribution is 5.89. The molecule has 0 fully saturated rings. The number of anilines is 1. The Morgan fingerprint density at radius 3 is 2.56 bits per heavy atom. The number of carbonyl (C=O) groups excluding carboxylic acids is 1. The van der Waals surface area contributed by atoms with Gasteiger partial charge in [0.15, 0.2) is 0 Å². The van der Waals surface area contributed by atoms with Gasteiger partial charge in [-0.25, -0.2) is 4.79 Å². The number of carbonyl (C=O) groups is 1. The predicted molar refractivity (Wildman–Crippen MR) is 116 cm³/mol. The van der Waals surface area contributed by atoms with Gasteiger partial charge < -0.3 is 14.8 Å². The summed E-state index contributed by atoms with van der Waals surface area (Å²) in [4.78, 5) is 14.3. The van der Waals surface area contributed by atoms with Gasteiger partial charge in [0.25, 0.3) is 0 Å². The van der Waals surface area contributed by atoms with E-state index in [0.29, 0.717) is 16.8 Å². The molecule has 0 saturated heterocycles. The first-order valence-electron chi connectivity index (χ1n) is 9.77. The fourth-order valence-corrected chi connectivity index (χ4v) is 3.19. The summed E-state index contributed by atoms with van der Waals surface area (Å²) < 4.78 is 40.8. The standard InChI is InChI=1S/C24H21F3N4O/c1-2-12-31(23(32)29-21-10-8-18(15-28)9-11-21)17-22-7-4-13-30(22)16-19-5-3-6-20(14-19)24(25,26)27/h2-11,13-14H,1,12,16-17H2,(H,29,32). The van der Waals surface area contributed by atoms with Crippen LogP contribution in [0.15, 0.2) is 79.5 Å². The molecule has 0 saturated carbocycles. The second-order valence-corrected chi connectivity index (χ2v) is 7.11. The highest BCUT2D eigenvalue weighted by atomic mass is 19.4. The van der Waals surface area contributed by atoms with E-state index in [1.807, 2.05) is 12.1 Å². The maximum absolute atomic E-state index is 13.0. The van der Waals surface area contributed by atoms with E-state index in [2.05, 4.69) is 11.9 Å². The molecule has 2 amide bonds. The van der Waals surface area contributed by atoms with Crippen molar-refractivity contribution in [2.45, 2.75) is 19.3 Å². The third kappa shape index (κ3) is 5.79. The van der Waals surface area contributed by atoms with Gasteiger partial charge in [0, 0.05) is 30.7 Å². The third-order valence-electron chi connectivity index (χ3n) is 4.79. The van der Waals surface area contributed by atoms with Crippen molar-refractivity contribution in [3.05, 3.63) is 102 Å². The minimum absolute atomic E-state index is 0.236. The van der Waals surface area contributed by atoms with E-state index in [-0.39, 0.29) is 25.7 Å². The van der Waals surface area contributed by atoms with Gasteiger partial charge in [0.05, 0.1) is 23.7 Å². The second kappa shape index (κ2) is 9.88. The van der Waals surface area contributed by atoms with Crippen LogP contribution in [0.4, 0.5) is 23.7 Å². The Kier molecular flexibility index (Phi) is 7.00. The first-order valence-corrected chi connectivity index (χ1v) is 9.77. The topological polar surface area (TPSA) is 61.1 Å². The predicted octanol–water partition coefficient (Wildman–Crippen LogP) is 5.65. The van der Waals surface area contributed by atoms with Crippen LogP contribution in [0.1, 0.15) is 22.4 Å². The zero-order valence-corrected chi connectivity index (χ0v) is 17.1. The zero-order valence-electron chi connectivity index (χ0n) is 17.1. The number of amides is 2. The smallest absolute Gasteiger partial charge is 0.345 e. The molecule has 0 atom stereocenters. The number of nitrogens with one attached hydrogen (secondary N) is 1. The van der Waals surface area contributed by atoms with Gasteiger partial charge >= 0.3 is 12.2 Å². The molecule has 2 aromatic carbocycles. The summed E-state index contributed by atoms with van der Waals surface area (Å²) in [6, 6.07) is 16.9.